The molecule has 0 aromatic heterocycles. The summed E-state index contributed by atoms with van der Waals surface area (Å²) < 4.78 is 4.89. The minimum Gasteiger partial charge on any atom is -0.458 e. The lowest BCUT2D eigenvalue weighted by Gasteiger charge is -2.00. The molecule has 0 aliphatic rings. The predicted octanol–water partition coefficient (Wildman–Crippen LogP) is 1.39. The van der Waals surface area contributed by atoms with E-state index in [1.54, 1.807) is 30.3 Å². The van der Waals surface area contributed by atoms with Gasteiger partial charge in [0.25, 0.3) is 0 Å². The van der Waals surface area contributed by atoms with Crippen molar-refractivity contribution in [3.63, 3.8) is 0 Å². The molecule has 1 rings (SSSR count). The van der Waals surface area contributed by atoms with Crippen LogP contribution in [-0.2, 0) is 4.74 Å². The van der Waals surface area contributed by atoms with E-state index >= 15 is 0 Å². The first-order valence-electron chi connectivity index (χ1n) is 4.32. The normalized spacial score (nSPS) is 10.4. The van der Waals surface area contributed by atoms with Crippen LogP contribution in [0.3, 0.4) is 0 Å². The third-order valence-corrected chi connectivity index (χ3v) is 1.59. The highest BCUT2D eigenvalue weighted by Gasteiger charge is 2.03. The van der Waals surface area contributed by atoms with Gasteiger partial charge in [-0.3, -0.25) is 0 Å². The molecule has 0 atom stereocenters. The largest absolute Gasteiger partial charge is 0.458 e. The van der Waals surface area contributed by atoms with Crippen molar-refractivity contribution in [2.75, 3.05) is 13.2 Å². The second-order valence-electron chi connectivity index (χ2n) is 2.62. The summed E-state index contributed by atoms with van der Waals surface area (Å²) in [7, 11) is 0. The van der Waals surface area contributed by atoms with Gasteiger partial charge < -0.3 is 9.84 Å². The number of esters is 1. The lowest BCUT2D eigenvalue weighted by atomic mass is 10.2. The highest BCUT2D eigenvalue weighted by molar-refractivity contribution is 5.89. The molecule has 14 heavy (non-hydrogen) atoms. The number of ether oxygens (including phenoxy) is 1. The molecule has 0 unspecified atom stereocenters. The van der Waals surface area contributed by atoms with Gasteiger partial charge in [-0.1, -0.05) is 24.3 Å². The number of rotatable bonds is 4. The van der Waals surface area contributed by atoms with Crippen LogP contribution in [0.2, 0.25) is 0 Å². The van der Waals surface area contributed by atoms with Gasteiger partial charge in [-0.2, -0.15) is 0 Å². The molecule has 0 saturated heterocycles. The maximum atomic E-state index is 11.3. The monoisotopic (exact) mass is 192 g/mol. The summed E-state index contributed by atoms with van der Waals surface area (Å²) >= 11 is 0. The van der Waals surface area contributed by atoms with Gasteiger partial charge in [0.2, 0.25) is 0 Å². The Morgan fingerprint density at radius 1 is 1.29 bits per heavy atom. The third-order valence-electron chi connectivity index (χ3n) is 1.59. The Morgan fingerprint density at radius 3 is 2.64 bits per heavy atom. The van der Waals surface area contributed by atoms with Crippen LogP contribution in [0.5, 0.6) is 0 Å². The molecule has 74 valence electrons. The fraction of sp³-hybridized carbons (Fsp3) is 0.182. The van der Waals surface area contributed by atoms with Crippen molar-refractivity contribution >= 4 is 5.97 Å². The van der Waals surface area contributed by atoms with Crippen molar-refractivity contribution in [2.45, 2.75) is 0 Å². The average Bonchev–Trinajstić information content (AvgIpc) is 2.25. The van der Waals surface area contributed by atoms with E-state index in [-0.39, 0.29) is 19.2 Å². The maximum absolute atomic E-state index is 11.3. The third kappa shape index (κ3) is 3.41. The standard InChI is InChI=1S/C11H12O3/c12-8-4-5-9-14-11(13)10-6-2-1-3-7-10/h1-7,12H,8-9H2. The fourth-order valence-electron chi connectivity index (χ4n) is 0.924. The molecule has 1 aromatic rings. The van der Waals surface area contributed by atoms with Crippen LogP contribution in [0, 0.1) is 0 Å². The SMILES string of the molecule is O=C(OCC=CCO)c1ccccc1. The summed E-state index contributed by atoms with van der Waals surface area (Å²) in [6.07, 6.45) is 3.12. The molecule has 0 heterocycles. The van der Waals surface area contributed by atoms with Crippen LogP contribution in [-0.4, -0.2) is 24.3 Å². The van der Waals surface area contributed by atoms with Gasteiger partial charge in [0.05, 0.1) is 12.2 Å². The van der Waals surface area contributed by atoms with Gasteiger partial charge in [0, 0.05) is 0 Å². The van der Waals surface area contributed by atoms with Crippen molar-refractivity contribution in [3.8, 4) is 0 Å². The summed E-state index contributed by atoms with van der Waals surface area (Å²) in [6.45, 7) is 0.150. The Kier molecular flexibility index (Phi) is 4.44. The number of hydrogen-bond donors (Lipinski definition) is 1. The molecule has 1 aromatic carbocycles. The van der Waals surface area contributed by atoms with E-state index in [1.165, 1.54) is 6.08 Å². The van der Waals surface area contributed by atoms with E-state index in [4.69, 9.17) is 9.84 Å². The summed E-state index contributed by atoms with van der Waals surface area (Å²) in [5.41, 5.74) is 0.532. The zero-order valence-electron chi connectivity index (χ0n) is 7.72. The second kappa shape index (κ2) is 5.94. The number of carbonyl (C=O) groups is 1. The molecule has 0 aliphatic heterocycles. The van der Waals surface area contributed by atoms with Gasteiger partial charge in [-0.25, -0.2) is 4.79 Å². The van der Waals surface area contributed by atoms with E-state index in [9.17, 15) is 4.79 Å². The molecule has 3 nitrogen and oxygen atoms in total. The van der Waals surface area contributed by atoms with Crippen molar-refractivity contribution in [3.05, 3.63) is 48.0 Å². The van der Waals surface area contributed by atoms with E-state index in [1.807, 2.05) is 6.07 Å². The number of hydrogen-bond acceptors (Lipinski definition) is 3. The van der Waals surface area contributed by atoms with Gasteiger partial charge in [-0.05, 0) is 18.2 Å². The Balaban J connectivity index is 2.40. The minimum atomic E-state index is -0.354. The van der Waals surface area contributed by atoms with Crippen LogP contribution in [0.4, 0.5) is 0 Å². The Hall–Kier alpha value is -1.61. The molecule has 0 saturated carbocycles. The summed E-state index contributed by atoms with van der Waals surface area (Å²) in [5, 5.41) is 8.42. The molecule has 0 spiro atoms. The molecular formula is C11H12O3. The smallest absolute Gasteiger partial charge is 0.338 e. The van der Waals surface area contributed by atoms with E-state index in [2.05, 4.69) is 0 Å². The van der Waals surface area contributed by atoms with Crippen LogP contribution >= 0.6 is 0 Å². The zero-order valence-corrected chi connectivity index (χ0v) is 7.72. The number of aliphatic hydroxyl groups is 1. The van der Waals surface area contributed by atoms with Crippen molar-refractivity contribution in [2.24, 2.45) is 0 Å². The highest BCUT2D eigenvalue weighted by atomic mass is 16.5. The lowest BCUT2D eigenvalue weighted by Crippen LogP contribution is -2.04. The second-order valence-corrected chi connectivity index (χ2v) is 2.62. The molecule has 0 bridgehead atoms. The maximum Gasteiger partial charge on any atom is 0.338 e. The first-order valence-corrected chi connectivity index (χ1v) is 4.32. The lowest BCUT2D eigenvalue weighted by molar-refractivity contribution is 0.0549. The van der Waals surface area contributed by atoms with Crippen molar-refractivity contribution < 1.29 is 14.6 Å². The minimum absolute atomic E-state index is 0.0388. The molecular weight excluding hydrogens is 180 g/mol. The first-order chi connectivity index (χ1) is 6.84. The molecule has 0 amide bonds. The van der Waals surface area contributed by atoms with Crippen LogP contribution < -0.4 is 0 Å². The Bertz CT molecular complexity index is 304. The number of aliphatic hydroxyl groups excluding tert-OH is 1. The molecule has 3 heteroatoms. The van der Waals surface area contributed by atoms with E-state index in [0.29, 0.717) is 5.56 Å². The Labute approximate surface area is 82.6 Å². The summed E-state index contributed by atoms with van der Waals surface area (Å²) in [5.74, 6) is -0.354. The first kappa shape index (κ1) is 10.5. The van der Waals surface area contributed by atoms with Gasteiger partial charge in [-0.15, -0.1) is 0 Å². The zero-order chi connectivity index (χ0) is 10.2. The van der Waals surface area contributed by atoms with Crippen molar-refractivity contribution in [1.82, 2.24) is 0 Å². The van der Waals surface area contributed by atoms with Gasteiger partial charge in [0.15, 0.2) is 0 Å². The van der Waals surface area contributed by atoms with Crippen LogP contribution in [0.15, 0.2) is 42.5 Å². The molecule has 0 radical (unpaired) electrons. The quantitative estimate of drug-likeness (QED) is 0.579. The molecule has 0 fully saturated rings. The predicted molar refractivity (Wildman–Crippen MR) is 53.0 cm³/mol. The van der Waals surface area contributed by atoms with E-state index in [0.717, 1.165) is 0 Å². The molecule has 1 N–H and O–H groups in total. The number of carbonyl (C=O) groups excluding carboxylic acids is 1. The highest BCUT2D eigenvalue weighted by Crippen LogP contribution is 2.00. The van der Waals surface area contributed by atoms with Crippen LogP contribution in [0.1, 0.15) is 10.4 Å². The van der Waals surface area contributed by atoms with E-state index < -0.39 is 0 Å². The topological polar surface area (TPSA) is 46.5 Å². The Morgan fingerprint density at radius 2 is 2.00 bits per heavy atom. The van der Waals surface area contributed by atoms with Gasteiger partial charge in [0.1, 0.15) is 6.61 Å². The number of benzene rings is 1. The molecule has 0 aliphatic carbocycles. The summed E-state index contributed by atoms with van der Waals surface area (Å²) in [4.78, 5) is 11.3. The van der Waals surface area contributed by atoms with Crippen LogP contribution in [0.25, 0.3) is 0 Å². The average molecular weight is 192 g/mol. The van der Waals surface area contributed by atoms with Gasteiger partial charge >= 0.3 is 5.97 Å². The summed E-state index contributed by atoms with van der Waals surface area (Å²) in [6, 6.07) is 8.78. The fourth-order valence-corrected chi connectivity index (χ4v) is 0.924. The van der Waals surface area contributed by atoms with Crippen molar-refractivity contribution in [1.29, 1.82) is 0 Å².